The number of allylic oxidation sites excluding steroid dienone is 3. The van der Waals surface area contributed by atoms with Gasteiger partial charge < -0.3 is 20.1 Å². The molecule has 0 saturated heterocycles. The summed E-state index contributed by atoms with van der Waals surface area (Å²) < 4.78 is 6.60. The Morgan fingerprint density at radius 1 is 1.10 bits per heavy atom. The van der Waals surface area contributed by atoms with Crippen molar-refractivity contribution in [1.82, 2.24) is 0 Å². The highest BCUT2D eigenvalue weighted by Gasteiger charge is 2.40. The number of aliphatic hydroxyl groups excluding tert-OH is 1. The van der Waals surface area contributed by atoms with Gasteiger partial charge in [0.05, 0.1) is 5.60 Å². The Kier molecular flexibility index (Phi) is 6.69. The third-order valence-corrected chi connectivity index (χ3v) is 7.83. The van der Waals surface area contributed by atoms with Crippen molar-refractivity contribution < 1.29 is 20.1 Å². The van der Waals surface area contributed by atoms with Gasteiger partial charge in [-0.15, -0.1) is 0 Å². The summed E-state index contributed by atoms with van der Waals surface area (Å²) in [5.74, 6) is 0.621. The number of aromatic hydroxyl groups is 2. The topological polar surface area (TPSA) is 69.9 Å². The summed E-state index contributed by atoms with van der Waals surface area (Å²) in [6.07, 6.45) is 9.07. The van der Waals surface area contributed by atoms with Crippen molar-refractivity contribution >= 4 is 0 Å². The fourth-order valence-corrected chi connectivity index (χ4v) is 5.08. The molecule has 1 heterocycles. The summed E-state index contributed by atoms with van der Waals surface area (Å²) in [6.45, 7) is 11.1. The fraction of sp³-hybridized carbons (Fsp3) is 0.615. The van der Waals surface area contributed by atoms with Gasteiger partial charge in [-0.3, -0.25) is 0 Å². The minimum atomic E-state index is -1.04. The second kappa shape index (κ2) is 8.76. The minimum Gasteiger partial charge on any atom is -0.508 e. The molecule has 0 radical (unpaired) electrons. The number of phenols is 2. The van der Waals surface area contributed by atoms with Gasteiger partial charge in [-0.1, -0.05) is 31.6 Å². The van der Waals surface area contributed by atoms with Crippen LogP contribution in [0.15, 0.2) is 41.5 Å². The number of hydrogen-bond donors (Lipinski definition) is 3. The second-order valence-corrected chi connectivity index (χ2v) is 9.95. The molecule has 30 heavy (non-hydrogen) atoms. The van der Waals surface area contributed by atoms with Crippen molar-refractivity contribution in [2.45, 2.75) is 91.0 Å². The Hall–Kier alpha value is -1.78. The number of ether oxygens (including phenoxy) is 1. The van der Waals surface area contributed by atoms with E-state index in [1.165, 1.54) is 36.6 Å². The van der Waals surface area contributed by atoms with Gasteiger partial charge >= 0.3 is 0 Å². The van der Waals surface area contributed by atoms with Crippen molar-refractivity contribution in [1.29, 1.82) is 0 Å². The van der Waals surface area contributed by atoms with Gasteiger partial charge in [0.2, 0.25) is 0 Å². The van der Waals surface area contributed by atoms with Gasteiger partial charge in [-0.25, -0.2) is 0 Å². The number of phenolic OH excluding ortho intramolecular Hbond substituents is 2. The molecule has 166 valence electrons. The van der Waals surface area contributed by atoms with Crippen molar-refractivity contribution in [2.75, 3.05) is 0 Å². The quantitative estimate of drug-likeness (QED) is 0.397. The van der Waals surface area contributed by atoms with Crippen LogP contribution in [-0.4, -0.2) is 27.0 Å². The molecule has 2 aliphatic rings. The molecule has 0 bridgehead atoms. The zero-order valence-corrected chi connectivity index (χ0v) is 19.1. The Bertz CT molecular complexity index is 826. The molecule has 4 nitrogen and oxygen atoms in total. The zero-order chi connectivity index (χ0) is 22.1. The number of benzene rings is 1. The maximum atomic E-state index is 11.1. The van der Waals surface area contributed by atoms with Gasteiger partial charge in [0.25, 0.3) is 0 Å². The SMILES string of the molecule is CC1=CCC[C@](C)(CC[C@@]2(C)C(C)=CCC[C@H]2C)O[C@@H]1[C@@H](O)c1cc(O)ccc1O. The standard InChI is InChI=1S/C26H38O4/c1-17-8-7-13-25(4,14-15-26(5)18(2)9-6-10-19(26)3)30-24(17)23(29)21-16-20(27)11-12-22(21)28/h8-9,11-12,16,19,23-24,27-29H,6-7,10,13-15H2,1-5H3/t19-,23+,24+,25-,26+/m1/s1. The van der Waals surface area contributed by atoms with Crippen LogP contribution in [0.1, 0.15) is 84.8 Å². The first-order valence-electron chi connectivity index (χ1n) is 11.3. The molecule has 0 unspecified atom stereocenters. The van der Waals surface area contributed by atoms with Crippen LogP contribution in [0.3, 0.4) is 0 Å². The Labute approximate surface area is 181 Å². The van der Waals surface area contributed by atoms with E-state index < -0.39 is 12.2 Å². The molecular weight excluding hydrogens is 376 g/mol. The molecule has 1 aliphatic carbocycles. The lowest BCUT2D eigenvalue weighted by molar-refractivity contribution is -0.120. The van der Waals surface area contributed by atoms with Crippen LogP contribution in [0.5, 0.6) is 11.5 Å². The smallest absolute Gasteiger partial charge is 0.121 e. The van der Waals surface area contributed by atoms with Crippen molar-refractivity contribution in [3.8, 4) is 11.5 Å². The number of aliphatic hydroxyl groups is 1. The summed E-state index contributed by atoms with van der Waals surface area (Å²) in [4.78, 5) is 0. The van der Waals surface area contributed by atoms with E-state index in [1.54, 1.807) is 0 Å². The Balaban J connectivity index is 1.81. The highest BCUT2D eigenvalue weighted by atomic mass is 16.5. The molecule has 1 aliphatic heterocycles. The molecule has 1 aromatic rings. The minimum absolute atomic E-state index is 0.0151. The van der Waals surface area contributed by atoms with Crippen molar-refractivity contribution in [3.63, 3.8) is 0 Å². The molecule has 0 saturated carbocycles. The van der Waals surface area contributed by atoms with Gasteiger partial charge in [0, 0.05) is 5.56 Å². The Morgan fingerprint density at radius 2 is 1.83 bits per heavy atom. The molecule has 1 aromatic carbocycles. The lowest BCUT2D eigenvalue weighted by Gasteiger charge is -2.43. The van der Waals surface area contributed by atoms with E-state index in [0.717, 1.165) is 31.3 Å². The summed E-state index contributed by atoms with van der Waals surface area (Å²) >= 11 is 0. The first kappa shape index (κ1) is 22.9. The molecule has 0 fully saturated rings. The first-order valence-corrected chi connectivity index (χ1v) is 11.3. The van der Waals surface area contributed by atoms with E-state index in [1.807, 2.05) is 6.92 Å². The van der Waals surface area contributed by atoms with Crippen LogP contribution in [0, 0.1) is 11.3 Å². The maximum Gasteiger partial charge on any atom is 0.121 e. The third kappa shape index (κ3) is 4.60. The largest absolute Gasteiger partial charge is 0.508 e. The monoisotopic (exact) mass is 414 g/mol. The van der Waals surface area contributed by atoms with Gasteiger partial charge in [0.1, 0.15) is 23.7 Å². The van der Waals surface area contributed by atoms with Crippen molar-refractivity contribution in [3.05, 3.63) is 47.1 Å². The summed E-state index contributed by atoms with van der Waals surface area (Å²) in [5, 5.41) is 31.2. The van der Waals surface area contributed by atoms with Crippen LogP contribution in [-0.2, 0) is 4.74 Å². The van der Waals surface area contributed by atoms with E-state index >= 15 is 0 Å². The highest BCUT2D eigenvalue weighted by Crippen LogP contribution is 2.48. The van der Waals surface area contributed by atoms with Crippen LogP contribution in [0.25, 0.3) is 0 Å². The molecule has 0 amide bonds. The van der Waals surface area contributed by atoms with Crippen LogP contribution >= 0.6 is 0 Å². The maximum absolute atomic E-state index is 11.1. The molecule has 3 N–H and O–H groups in total. The van der Waals surface area contributed by atoms with Gasteiger partial charge in [-0.2, -0.15) is 0 Å². The average Bonchev–Trinajstić information content (AvgIpc) is 2.85. The predicted molar refractivity (Wildman–Crippen MR) is 120 cm³/mol. The van der Waals surface area contributed by atoms with Crippen molar-refractivity contribution in [2.24, 2.45) is 11.3 Å². The normalized spacial score (nSPS) is 33.4. The van der Waals surface area contributed by atoms with Gasteiger partial charge in [0.15, 0.2) is 0 Å². The molecule has 0 aromatic heterocycles. The summed E-state index contributed by atoms with van der Waals surface area (Å²) in [7, 11) is 0. The highest BCUT2D eigenvalue weighted by molar-refractivity contribution is 5.41. The first-order chi connectivity index (χ1) is 14.1. The average molecular weight is 415 g/mol. The van der Waals surface area contributed by atoms with Gasteiger partial charge in [-0.05, 0) is 94.4 Å². The lowest BCUT2D eigenvalue weighted by atomic mass is 9.64. The van der Waals surface area contributed by atoms with Crippen LogP contribution in [0.4, 0.5) is 0 Å². The summed E-state index contributed by atoms with van der Waals surface area (Å²) in [6, 6.07) is 4.23. The van der Waals surface area contributed by atoms with E-state index in [-0.39, 0.29) is 22.5 Å². The van der Waals surface area contributed by atoms with Crippen LogP contribution < -0.4 is 0 Å². The number of rotatable bonds is 5. The molecule has 4 heteroatoms. The van der Waals surface area contributed by atoms with E-state index in [0.29, 0.717) is 11.5 Å². The fourth-order valence-electron chi connectivity index (χ4n) is 5.08. The second-order valence-electron chi connectivity index (χ2n) is 9.95. The molecule has 5 atom stereocenters. The molecular formula is C26H38O4. The molecule has 3 rings (SSSR count). The summed E-state index contributed by atoms with van der Waals surface area (Å²) in [5.41, 5.74) is 2.55. The van der Waals surface area contributed by atoms with E-state index in [4.69, 9.17) is 4.74 Å². The van der Waals surface area contributed by atoms with E-state index in [9.17, 15) is 15.3 Å². The third-order valence-electron chi connectivity index (χ3n) is 7.83. The predicted octanol–water partition coefficient (Wildman–Crippen LogP) is 6.18. The van der Waals surface area contributed by atoms with Crippen LogP contribution in [0.2, 0.25) is 0 Å². The molecule has 0 spiro atoms. The zero-order valence-electron chi connectivity index (χ0n) is 19.1. The lowest BCUT2D eigenvalue weighted by Crippen LogP contribution is -2.39. The Morgan fingerprint density at radius 3 is 2.53 bits per heavy atom. The van der Waals surface area contributed by atoms with E-state index in [2.05, 4.69) is 39.8 Å². The number of hydrogen-bond acceptors (Lipinski definition) is 4.